The van der Waals surface area contributed by atoms with Crippen LogP contribution < -0.4 is 9.46 Å². The zero-order valence-electron chi connectivity index (χ0n) is 24.4. The molecule has 0 unspecified atom stereocenters. The average molecular weight is 655 g/mol. The number of nitrogens with zero attached hydrogens (tertiary/aromatic N) is 3. The van der Waals surface area contributed by atoms with Crippen LogP contribution >= 0.6 is 11.6 Å². The van der Waals surface area contributed by atoms with Gasteiger partial charge in [-0.2, -0.15) is 4.31 Å². The standard InChI is InChI=1S/C28H35ClN4O8S2/c1-17-14-33(18(2)16-34)27(35)13-21-12-23(31-42(36,37)24-9-6-22(29)7-10-24)8-11-25(21)40-26(17)15-32(5)43(38,39)28-19(3)30-41-20(28)4/h6-12,17-18,26,31,34H,13-16H2,1-5H3/t17-,18-,26-/m1/s1. The Morgan fingerprint density at radius 3 is 2.44 bits per heavy atom. The summed E-state index contributed by atoms with van der Waals surface area (Å²) >= 11 is 5.90. The first-order valence-corrected chi connectivity index (χ1v) is 16.8. The summed E-state index contributed by atoms with van der Waals surface area (Å²) in [6.45, 7) is 6.45. The molecule has 12 nitrogen and oxygen atoms in total. The normalized spacial score (nSPS) is 18.8. The summed E-state index contributed by atoms with van der Waals surface area (Å²) < 4.78 is 68.1. The van der Waals surface area contributed by atoms with E-state index in [4.69, 9.17) is 20.9 Å². The Morgan fingerprint density at radius 2 is 1.84 bits per heavy atom. The topological polar surface area (TPSA) is 159 Å². The van der Waals surface area contributed by atoms with Crippen molar-refractivity contribution in [3.05, 3.63) is 64.5 Å². The van der Waals surface area contributed by atoms with Crippen LogP contribution in [0.5, 0.6) is 5.75 Å². The first-order chi connectivity index (χ1) is 20.1. The lowest BCUT2D eigenvalue weighted by Gasteiger charge is -2.33. The van der Waals surface area contributed by atoms with Crippen LogP contribution in [-0.4, -0.2) is 81.1 Å². The average Bonchev–Trinajstić information content (AvgIpc) is 3.31. The van der Waals surface area contributed by atoms with Crippen LogP contribution in [0.4, 0.5) is 5.69 Å². The molecule has 2 N–H and O–H groups in total. The Kier molecular flexibility index (Phi) is 9.76. The van der Waals surface area contributed by atoms with Crippen molar-refractivity contribution in [1.82, 2.24) is 14.4 Å². The lowest BCUT2D eigenvalue weighted by Crippen LogP contribution is -2.48. The molecule has 0 spiro atoms. The molecule has 0 radical (unpaired) electrons. The summed E-state index contributed by atoms with van der Waals surface area (Å²) in [6.07, 6.45) is -0.863. The van der Waals surface area contributed by atoms with Crippen molar-refractivity contribution in [2.75, 3.05) is 31.5 Å². The molecule has 43 heavy (non-hydrogen) atoms. The fourth-order valence-electron chi connectivity index (χ4n) is 4.89. The molecule has 4 rings (SSSR count). The number of halogens is 1. The minimum absolute atomic E-state index is 0.00662. The van der Waals surface area contributed by atoms with Crippen molar-refractivity contribution < 1.29 is 36.0 Å². The van der Waals surface area contributed by atoms with Gasteiger partial charge >= 0.3 is 0 Å². The van der Waals surface area contributed by atoms with Gasteiger partial charge in [0, 0.05) is 35.8 Å². The minimum atomic E-state index is -4.00. The summed E-state index contributed by atoms with van der Waals surface area (Å²) in [5, 5.41) is 14.0. The van der Waals surface area contributed by atoms with Crippen LogP contribution in [0.15, 0.2) is 56.8 Å². The van der Waals surface area contributed by atoms with E-state index in [0.717, 1.165) is 4.31 Å². The maximum atomic E-state index is 13.5. The van der Waals surface area contributed by atoms with E-state index in [-0.39, 0.29) is 64.9 Å². The molecule has 1 amide bonds. The van der Waals surface area contributed by atoms with Gasteiger partial charge in [-0.3, -0.25) is 9.52 Å². The zero-order valence-corrected chi connectivity index (χ0v) is 26.8. The number of nitrogens with one attached hydrogen (secondary N) is 1. The maximum Gasteiger partial charge on any atom is 0.261 e. The first-order valence-electron chi connectivity index (χ1n) is 13.5. The van der Waals surface area contributed by atoms with Crippen LogP contribution in [0.25, 0.3) is 0 Å². The van der Waals surface area contributed by atoms with Gasteiger partial charge in [0.15, 0.2) is 5.76 Å². The van der Waals surface area contributed by atoms with E-state index < -0.39 is 32.2 Å². The highest BCUT2D eigenvalue weighted by Crippen LogP contribution is 2.31. The number of aryl methyl sites for hydroxylation is 2. The van der Waals surface area contributed by atoms with Crippen LogP contribution in [0.3, 0.4) is 0 Å². The molecule has 2 aromatic carbocycles. The van der Waals surface area contributed by atoms with E-state index in [1.54, 1.807) is 19.9 Å². The van der Waals surface area contributed by atoms with Crippen molar-refractivity contribution in [2.24, 2.45) is 5.92 Å². The molecule has 1 aromatic heterocycles. The fraction of sp³-hybridized carbons (Fsp3) is 0.429. The maximum absolute atomic E-state index is 13.5. The largest absolute Gasteiger partial charge is 0.488 e. The van der Waals surface area contributed by atoms with Gasteiger partial charge in [-0.05, 0) is 63.2 Å². The van der Waals surface area contributed by atoms with Crippen LogP contribution in [0.1, 0.15) is 30.9 Å². The van der Waals surface area contributed by atoms with E-state index >= 15 is 0 Å². The van der Waals surface area contributed by atoms with E-state index in [0.29, 0.717) is 16.3 Å². The molecule has 0 fully saturated rings. The lowest BCUT2D eigenvalue weighted by molar-refractivity contribution is -0.134. The number of aromatic nitrogens is 1. The SMILES string of the molecule is Cc1noc(C)c1S(=O)(=O)N(C)C[C@H]1Oc2ccc(NS(=O)(=O)c3ccc(Cl)cc3)cc2CC(=O)N([C@H](C)CO)C[C@H]1C. The van der Waals surface area contributed by atoms with Gasteiger partial charge in [0.25, 0.3) is 10.0 Å². The third-order valence-corrected chi connectivity index (χ3v) is 11.1. The Hall–Kier alpha value is -3.17. The van der Waals surface area contributed by atoms with Crippen LogP contribution in [0.2, 0.25) is 5.02 Å². The second-order valence-corrected chi connectivity index (χ2v) is 14.8. The molecule has 0 saturated carbocycles. The molecule has 2 heterocycles. The smallest absolute Gasteiger partial charge is 0.261 e. The van der Waals surface area contributed by atoms with Crippen molar-refractivity contribution in [3.8, 4) is 5.75 Å². The summed E-state index contributed by atoms with van der Waals surface area (Å²) in [4.78, 5) is 15.0. The fourth-order valence-corrected chi connectivity index (χ4v) is 7.53. The molecule has 234 valence electrons. The van der Waals surface area contributed by atoms with Crippen molar-refractivity contribution in [2.45, 2.75) is 56.1 Å². The second-order valence-electron chi connectivity index (χ2n) is 10.7. The number of carbonyl (C=O) groups excluding carboxylic acids is 1. The first kappa shape index (κ1) is 32.7. The van der Waals surface area contributed by atoms with Crippen molar-refractivity contribution in [1.29, 1.82) is 0 Å². The van der Waals surface area contributed by atoms with Gasteiger partial charge in [-0.15, -0.1) is 0 Å². The number of ether oxygens (including phenoxy) is 1. The number of carbonyl (C=O) groups is 1. The Balaban J connectivity index is 1.69. The van der Waals surface area contributed by atoms with Gasteiger partial charge in [-0.25, -0.2) is 16.8 Å². The highest BCUT2D eigenvalue weighted by Gasteiger charge is 2.35. The second kappa shape index (κ2) is 12.8. The summed E-state index contributed by atoms with van der Waals surface area (Å²) in [6, 6.07) is 9.74. The third-order valence-electron chi connectivity index (χ3n) is 7.37. The monoisotopic (exact) mass is 654 g/mol. The quantitative estimate of drug-likeness (QED) is 0.353. The van der Waals surface area contributed by atoms with Gasteiger partial charge < -0.3 is 19.3 Å². The number of hydrogen-bond acceptors (Lipinski definition) is 9. The predicted octanol–water partition coefficient (Wildman–Crippen LogP) is 3.22. The van der Waals surface area contributed by atoms with Gasteiger partial charge in [0.05, 0.1) is 30.5 Å². The Morgan fingerprint density at radius 1 is 1.16 bits per heavy atom. The number of aliphatic hydroxyl groups excluding tert-OH is 1. The van der Waals surface area contributed by atoms with E-state index in [1.807, 2.05) is 6.92 Å². The van der Waals surface area contributed by atoms with Crippen LogP contribution in [0, 0.1) is 19.8 Å². The number of hydrogen-bond donors (Lipinski definition) is 2. The number of benzene rings is 2. The van der Waals surface area contributed by atoms with Gasteiger partial charge in [0.2, 0.25) is 15.9 Å². The molecule has 3 aromatic rings. The predicted molar refractivity (Wildman–Crippen MR) is 160 cm³/mol. The van der Waals surface area contributed by atoms with Gasteiger partial charge in [0.1, 0.15) is 22.4 Å². The molecular weight excluding hydrogens is 620 g/mol. The zero-order chi connectivity index (χ0) is 31.7. The minimum Gasteiger partial charge on any atom is -0.488 e. The van der Waals surface area contributed by atoms with Crippen molar-refractivity contribution >= 4 is 43.2 Å². The summed E-state index contributed by atoms with van der Waals surface area (Å²) in [5.74, 6) is -0.191. The third kappa shape index (κ3) is 7.15. The van der Waals surface area contributed by atoms with E-state index in [9.17, 15) is 26.7 Å². The molecule has 15 heteroatoms. The molecule has 0 bridgehead atoms. The lowest BCUT2D eigenvalue weighted by atomic mass is 10.0. The number of fused-ring (bicyclic) bond motifs is 1. The molecule has 0 aliphatic carbocycles. The molecule has 1 aliphatic heterocycles. The van der Waals surface area contributed by atoms with Gasteiger partial charge in [-0.1, -0.05) is 23.7 Å². The number of likely N-dealkylation sites (N-methyl/N-ethyl adjacent to an activating group) is 1. The number of anilines is 1. The van der Waals surface area contributed by atoms with Crippen LogP contribution in [-0.2, 0) is 31.3 Å². The van der Waals surface area contributed by atoms with E-state index in [1.165, 1.54) is 55.3 Å². The molecule has 3 atom stereocenters. The Labute approximate surface area is 256 Å². The number of rotatable bonds is 9. The molecule has 0 saturated heterocycles. The van der Waals surface area contributed by atoms with E-state index in [2.05, 4.69) is 9.88 Å². The number of sulfonamides is 2. The summed E-state index contributed by atoms with van der Waals surface area (Å²) in [5.41, 5.74) is 0.834. The number of aliphatic hydroxyl groups is 1. The molecular formula is C28H35ClN4O8S2. The highest BCUT2D eigenvalue weighted by molar-refractivity contribution is 7.92. The highest BCUT2D eigenvalue weighted by atomic mass is 35.5. The van der Waals surface area contributed by atoms with Crippen molar-refractivity contribution in [3.63, 3.8) is 0 Å². The molecule has 1 aliphatic rings. The number of amides is 1. The summed E-state index contributed by atoms with van der Waals surface area (Å²) in [7, 11) is -6.53. The Bertz CT molecular complexity index is 1670.